The average Bonchev–Trinajstić information content (AvgIpc) is 2.95. The van der Waals surface area contributed by atoms with Crippen LogP contribution in [0.4, 0.5) is 0 Å². The molecule has 3 rings (SSSR count). The number of aromatic nitrogens is 4. The second-order valence-electron chi connectivity index (χ2n) is 6.87. The lowest BCUT2D eigenvalue weighted by Gasteiger charge is -2.38. The van der Waals surface area contributed by atoms with Crippen LogP contribution >= 0.6 is 0 Å². The van der Waals surface area contributed by atoms with Crippen LogP contribution in [0.2, 0.25) is 0 Å². The minimum atomic E-state index is -0.383. The minimum absolute atomic E-state index is 0.0900. The van der Waals surface area contributed by atoms with Gasteiger partial charge >= 0.3 is 5.69 Å². The molecular weight excluding hydrogens is 298 g/mol. The Hall–Kier alpha value is -1.93. The summed E-state index contributed by atoms with van der Waals surface area (Å²) in [6, 6.07) is 0. The molecule has 2 aromatic rings. The molecule has 0 radical (unpaired) electrons. The molecule has 126 valence electrons. The van der Waals surface area contributed by atoms with Crippen molar-refractivity contribution in [3.8, 4) is 0 Å². The fraction of sp³-hybridized carbons (Fsp3) is 0.667. The summed E-state index contributed by atoms with van der Waals surface area (Å²) in [5.41, 5.74) is -0.0959. The third-order valence-corrected chi connectivity index (χ3v) is 4.76. The molecule has 8 nitrogen and oxygen atoms in total. The molecule has 1 fully saturated rings. The summed E-state index contributed by atoms with van der Waals surface area (Å²) in [7, 11) is 3.07. The number of aliphatic hydroxyl groups is 1. The van der Waals surface area contributed by atoms with E-state index >= 15 is 0 Å². The highest BCUT2D eigenvalue weighted by atomic mass is 16.3. The normalized spacial score (nSPS) is 22.8. The monoisotopic (exact) mass is 321 g/mol. The van der Waals surface area contributed by atoms with Crippen LogP contribution in [0.3, 0.4) is 0 Å². The van der Waals surface area contributed by atoms with E-state index in [2.05, 4.69) is 21.8 Å². The number of aliphatic hydroxyl groups excluding tert-OH is 1. The molecule has 1 atom stereocenters. The first-order valence-corrected chi connectivity index (χ1v) is 7.82. The molecule has 0 bridgehead atoms. The third kappa shape index (κ3) is 2.72. The average molecular weight is 321 g/mol. The van der Waals surface area contributed by atoms with Crippen molar-refractivity contribution in [2.75, 3.05) is 19.7 Å². The van der Waals surface area contributed by atoms with Crippen LogP contribution in [-0.2, 0) is 20.6 Å². The van der Waals surface area contributed by atoms with Gasteiger partial charge in [-0.2, -0.15) is 0 Å². The smallest absolute Gasteiger partial charge is 0.332 e. The molecule has 0 aromatic carbocycles. The van der Waals surface area contributed by atoms with Crippen molar-refractivity contribution in [2.24, 2.45) is 19.5 Å². The standard InChI is InChI=1S/C15H23N5O3/c1-15(9-21)5-4-6-20(8-15)7-10-16-11-12(17-10)18(2)14(23)19(3)13(11)22/h21H,4-9H2,1-3H3,(H,16,17). The molecule has 2 aromatic heterocycles. The molecule has 1 unspecified atom stereocenters. The molecule has 0 aliphatic carbocycles. The van der Waals surface area contributed by atoms with Crippen molar-refractivity contribution in [3.63, 3.8) is 0 Å². The lowest BCUT2D eigenvalue weighted by molar-refractivity contribution is 0.0419. The third-order valence-electron chi connectivity index (χ3n) is 4.76. The van der Waals surface area contributed by atoms with Crippen LogP contribution < -0.4 is 11.2 Å². The topological polar surface area (TPSA) is 96.2 Å². The Bertz CT molecular complexity index is 849. The Labute approximate surface area is 133 Å². The van der Waals surface area contributed by atoms with Gasteiger partial charge in [-0.15, -0.1) is 0 Å². The molecule has 3 heterocycles. The van der Waals surface area contributed by atoms with Gasteiger partial charge in [-0.05, 0) is 19.4 Å². The Morgan fingerprint density at radius 2 is 2.04 bits per heavy atom. The molecule has 0 amide bonds. The van der Waals surface area contributed by atoms with Gasteiger partial charge in [0.25, 0.3) is 5.56 Å². The van der Waals surface area contributed by atoms with Crippen molar-refractivity contribution < 1.29 is 5.11 Å². The van der Waals surface area contributed by atoms with Gasteiger partial charge in [0, 0.05) is 32.7 Å². The SMILES string of the molecule is Cn1c(=O)c2[nH]c(CN3CCCC(C)(CO)C3)nc2n(C)c1=O. The lowest BCUT2D eigenvalue weighted by atomic mass is 9.83. The fourth-order valence-corrected chi connectivity index (χ4v) is 3.35. The molecule has 1 saturated heterocycles. The number of imidazole rings is 1. The molecule has 8 heteroatoms. The maximum absolute atomic E-state index is 12.2. The van der Waals surface area contributed by atoms with E-state index in [4.69, 9.17) is 0 Å². The van der Waals surface area contributed by atoms with Crippen molar-refractivity contribution in [1.29, 1.82) is 0 Å². The van der Waals surface area contributed by atoms with Gasteiger partial charge in [-0.1, -0.05) is 6.92 Å². The number of nitrogens with one attached hydrogen (secondary N) is 1. The van der Waals surface area contributed by atoms with Crippen LogP contribution in [0.1, 0.15) is 25.6 Å². The zero-order chi connectivity index (χ0) is 16.8. The van der Waals surface area contributed by atoms with Crippen molar-refractivity contribution >= 4 is 11.2 Å². The summed E-state index contributed by atoms with van der Waals surface area (Å²) in [6.45, 7) is 4.54. The number of piperidine rings is 1. The predicted molar refractivity (Wildman–Crippen MR) is 86.3 cm³/mol. The number of aromatic amines is 1. The maximum atomic E-state index is 12.2. The van der Waals surface area contributed by atoms with E-state index in [0.717, 1.165) is 30.5 Å². The van der Waals surface area contributed by atoms with Crippen LogP contribution in [0.5, 0.6) is 0 Å². The molecule has 0 saturated carbocycles. The Balaban J connectivity index is 1.93. The van der Waals surface area contributed by atoms with Crippen LogP contribution in [0.25, 0.3) is 11.2 Å². The van der Waals surface area contributed by atoms with Crippen LogP contribution in [-0.4, -0.2) is 48.8 Å². The largest absolute Gasteiger partial charge is 0.396 e. The predicted octanol–water partition coefficient (Wildman–Crippen LogP) is -0.445. The summed E-state index contributed by atoms with van der Waals surface area (Å²) in [5.74, 6) is 0.667. The number of aryl methyl sites for hydroxylation is 1. The number of likely N-dealkylation sites (tertiary alicyclic amines) is 1. The molecular formula is C15H23N5O3. The highest BCUT2D eigenvalue weighted by Gasteiger charge is 2.30. The van der Waals surface area contributed by atoms with Gasteiger partial charge in [0.1, 0.15) is 11.3 Å². The van der Waals surface area contributed by atoms with Crippen molar-refractivity contribution in [2.45, 2.75) is 26.3 Å². The summed E-state index contributed by atoms with van der Waals surface area (Å²) < 4.78 is 2.46. The number of nitrogens with zero attached hydrogens (tertiary/aromatic N) is 4. The summed E-state index contributed by atoms with van der Waals surface area (Å²) in [4.78, 5) is 33.9. The van der Waals surface area contributed by atoms with Crippen LogP contribution in [0, 0.1) is 5.41 Å². The van der Waals surface area contributed by atoms with E-state index in [-0.39, 0.29) is 23.3 Å². The highest BCUT2D eigenvalue weighted by molar-refractivity contribution is 5.69. The van der Waals surface area contributed by atoms with Gasteiger partial charge in [0.15, 0.2) is 5.65 Å². The van der Waals surface area contributed by atoms with Crippen molar-refractivity contribution in [3.05, 3.63) is 26.7 Å². The van der Waals surface area contributed by atoms with Gasteiger partial charge in [0.05, 0.1) is 6.54 Å². The first kappa shape index (κ1) is 15.9. The Kier molecular flexibility index (Phi) is 3.89. The molecule has 23 heavy (non-hydrogen) atoms. The van der Waals surface area contributed by atoms with Gasteiger partial charge in [-0.3, -0.25) is 18.8 Å². The quantitative estimate of drug-likeness (QED) is 0.798. The van der Waals surface area contributed by atoms with E-state index in [0.29, 0.717) is 23.5 Å². The molecule has 1 aliphatic heterocycles. The van der Waals surface area contributed by atoms with E-state index < -0.39 is 0 Å². The Morgan fingerprint density at radius 3 is 2.74 bits per heavy atom. The van der Waals surface area contributed by atoms with Crippen molar-refractivity contribution in [1.82, 2.24) is 24.0 Å². The van der Waals surface area contributed by atoms with E-state index in [9.17, 15) is 14.7 Å². The number of rotatable bonds is 3. The number of hydrogen-bond acceptors (Lipinski definition) is 5. The maximum Gasteiger partial charge on any atom is 0.332 e. The number of fused-ring (bicyclic) bond motifs is 1. The first-order valence-electron chi connectivity index (χ1n) is 7.82. The second kappa shape index (κ2) is 5.61. The minimum Gasteiger partial charge on any atom is -0.396 e. The Morgan fingerprint density at radius 1 is 1.30 bits per heavy atom. The van der Waals surface area contributed by atoms with Gasteiger partial charge in [-0.25, -0.2) is 9.78 Å². The fourth-order valence-electron chi connectivity index (χ4n) is 3.35. The molecule has 0 spiro atoms. The van der Waals surface area contributed by atoms with E-state index in [1.54, 1.807) is 7.05 Å². The zero-order valence-corrected chi connectivity index (χ0v) is 13.8. The summed E-state index contributed by atoms with van der Waals surface area (Å²) >= 11 is 0. The highest BCUT2D eigenvalue weighted by Crippen LogP contribution is 2.29. The first-order chi connectivity index (χ1) is 10.8. The zero-order valence-electron chi connectivity index (χ0n) is 13.8. The second-order valence-corrected chi connectivity index (χ2v) is 6.87. The summed E-state index contributed by atoms with van der Waals surface area (Å²) in [6.07, 6.45) is 2.03. The van der Waals surface area contributed by atoms with E-state index in [1.807, 2.05) is 0 Å². The number of H-pyrrole nitrogens is 1. The van der Waals surface area contributed by atoms with Gasteiger partial charge in [0.2, 0.25) is 0 Å². The molecule has 2 N–H and O–H groups in total. The lowest BCUT2D eigenvalue weighted by Crippen LogP contribution is -2.43. The van der Waals surface area contributed by atoms with Gasteiger partial charge < -0.3 is 10.1 Å². The molecule has 1 aliphatic rings. The summed E-state index contributed by atoms with van der Waals surface area (Å²) in [5, 5.41) is 9.55. The van der Waals surface area contributed by atoms with Crippen LogP contribution in [0.15, 0.2) is 9.59 Å². The number of hydrogen-bond donors (Lipinski definition) is 2. The van der Waals surface area contributed by atoms with E-state index in [1.165, 1.54) is 11.6 Å².